The van der Waals surface area contributed by atoms with Crippen molar-refractivity contribution in [2.45, 2.75) is 70.1 Å². The van der Waals surface area contributed by atoms with E-state index < -0.39 is 5.97 Å². The summed E-state index contributed by atoms with van der Waals surface area (Å²) in [7, 11) is 0. The van der Waals surface area contributed by atoms with E-state index in [9.17, 15) is 14.7 Å². The van der Waals surface area contributed by atoms with E-state index in [-0.39, 0.29) is 41.2 Å². The molecule has 1 saturated carbocycles. The van der Waals surface area contributed by atoms with Crippen LogP contribution in [0.4, 0.5) is 0 Å². The van der Waals surface area contributed by atoms with E-state index in [1.165, 1.54) is 13.0 Å². The van der Waals surface area contributed by atoms with E-state index in [0.717, 1.165) is 49.0 Å². The van der Waals surface area contributed by atoms with Gasteiger partial charge < -0.3 is 23.9 Å². The van der Waals surface area contributed by atoms with Crippen LogP contribution in [-0.4, -0.2) is 64.6 Å². The summed E-state index contributed by atoms with van der Waals surface area (Å²) in [5, 5.41) is 11.2. The van der Waals surface area contributed by atoms with Crippen molar-refractivity contribution in [1.29, 1.82) is 0 Å². The Kier molecular flexibility index (Phi) is 6.77. The normalized spacial score (nSPS) is 28.3. The average molecular weight is 547 g/mol. The molecular formula is C32H38N2O6. The van der Waals surface area contributed by atoms with Crippen LogP contribution in [0.3, 0.4) is 0 Å². The Bertz CT molecular complexity index is 1350. The molecule has 40 heavy (non-hydrogen) atoms. The van der Waals surface area contributed by atoms with Crippen LogP contribution in [0.2, 0.25) is 0 Å². The Balaban J connectivity index is 1.45. The minimum atomic E-state index is -0.418. The maximum absolute atomic E-state index is 13.8. The zero-order valence-corrected chi connectivity index (χ0v) is 23.5. The molecule has 1 aromatic carbocycles. The molecular weight excluding hydrogens is 508 g/mol. The monoisotopic (exact) mass is 546 g/mol. The van der Waals surface area contributed by atoms with E-state index in [0.29, 0.717) is 30.4 Å². The molecule has 0 radical (unpaired) electrons. The Morgan fingerprint density at radius 1 is 1.35 bits per heavy atom. The van der Waals surface area contributed by atoms with Gasteiger partial charge in [0.1, 0.15) is 11.9 Å². The highest BCUT2D eigenvalue weighted by molar-refractivity contribution is 5.92. The highest BCUT2D eigenvalue weighted by Gasteiger charge is 2.67. The van der Waals surface area contributed by atoms with Gasteiger partial charge in [-0.2, -0.15) is 0 Å². The third kappa shape index (κ3) is 4.15. The SMILES string of the molecule is C=CCN1CC[C@]23c4c5c(OC(C)=O)cc(O)c4O[C@@H]2[C@@H](N(CC(C)C)C(=O)C=Cc2ccoc2)CC[C@H]3[C@H]1C5. The first kappa shape index (κ1) is 26.7. The number of hydrogen-bond donors (Lipinski definition) is 1. The van der Waals surface area contributed by atoms with Crippen molar-refractivity contribution >= 4 is 18.0 Å². The number of piperidine rings is 1. The van der Waals surface area contributed by atoms with E-state index >= 15 is 0 Å². The lowest BCUT2D eigenvalue weighted by atomic mass is 9.50. The molecule has 8 nitrogen and oxygen atoms in total. The zero-order chi connectivity index (χ0) is 28.2. The Morgan fingerprint density at radius 3 is 2.88 bits per heavy atom. The summed E-state index contributed by atoms with van der Waals surface area (Å²) in [6, 6.07) is 3.41. The van der Waals surface area contributed by atoms with Gasteiger partial charge in [-0.3, -0.25) is 14.5 Å². The lowest BCUT2D eigenvalue weighted by Gasteiger charge is -2.60. The van der Waals surface area contributed by atoms with Gasteiger partial charge in [-0.05, 0) is 56.2 Å². The first-order valence-electron chi connectivity index (χ1n) is 14.3. The van der Waals surface area contributed by atoms with Gasteiger partial charge in [0.05, 0.1) is 18.6 Å². The summed E-state index contributed by atoms with van der Waals surface area (Å²) >= 11 is 0. The molecule has 2 aliphatic heterocycles. The van der Waals surface area contributed by atoms with Crippen LogP contribution in [0.1, 0.15) is 56.7 Å². The number of nitrogens with zero attached hydrogens (tertiary/aromatic N) is 2. The smallest absolute Gasteiger partial charge is 0.308 e. The largest absolute Gasteiger partial charge is 0.504 e. The summed E-state index contributed by atoms with van der Waals surface area (Å²) in [5.41, 5.74) is 2.39. The topological polar surface area (TPSA) is 92.5 Å². The summed E-state index contributed by atoms with van der Waals surface area (Å²) < 4.78 is 17.6. The molecule has 3 heterocycles. The average Bonchev–Trinajstić information content (AvgIpc) is 3.55. The number of hydrogen-bond acceptors (Lipinski definition) is 7. The minimum Gasteiger partial charge on any atom is -0.504 e. The van der Waals surface area contributed by atoms with Crippen molar-refractivity contribution in [2.24, 2.45) is 11.8 Å². The molecule has 1 N–H and O–H groups in total. The standard InChI is InChI=1S/C32H38N2O6/c1-5-12-33-13-11-32-23-7-8-24(34(17-19(2)3)28(37)9-6-21-10-14-38-18-21)31(32)40-30-26(36)16-27(39-20(4)35)22(29(30)32)15-25(23)33/h5-6,9-10,14,16,18-19,23-25,31,36H,1,7-8,11-13,15,17H2,2-4H3/t23-,24-,25+,31+,32-/m0/s1. The number of phenols is 1. The molecule has 1 aromatic heterocycles. The number of aromatic hydroxyl groups is 1. The first-order valence-corrected chi connectivity index (χ1v) is 14.3. The first-order chi connectivity index (χ1) is 19.2. The second kappa shape index (κ2) is 10.1. The Hall–Kier alpha value is -3.52. The van der Waals surface area contributed by atoms with E-state index in [1.807, 2.05) is 17.0 Å². The number of carbonyl (C=O) groups excluding carboxylic acids is 2. The molecule has 1 saturated heterocycles. The lowest BCUT2D eigenvalue weighted by Crippen LogP contribution is -2.69. The second-order valence-corrected chi connectivity index (χ2v) is 12.1. The van der Waals surface area contributed by atoms with Crippen molar-refractivity contribution < 1.29 is 28.6 Å². The summed E-state index contributed by atoms with van der Waals surface area (Å²) in [4.78, 5) is 30.3. The van der Waals surface area contributed by atoms with Crippen LogP contribution in [-0.2, 0) is 21.4 Å². The summed E-state index contributed by atoms with van der Waals surface area (Å²) in [5.74, 6) is 0.976. The van der Waals surface area contributed by atoms with Gasteiger partial charge in [-0.25, -0.2) is 0 Å². The number of carbonyl (C=O) groups is 2. The summed E-state index contributed by atoms with van der Waals surface area (Å²) in [6.45, 7) is 11.9. The number of furan rings is 1. The molecule has 2 aromatic rings. The van der Waals surface area contributed by atoms with Crippen molar-refractivity contribution in [3.63, 3.8) is 0 Å². The Labute approximate surface area is 235 Å². The van der Waals surface area contributed by atoms with Gasteiger partial charge in [-0.15, -0.1) is 6.58 Å². The predicted molar refractivity (Wildman–Crippen MR) is 150 cm³/mol. The number of rotatable bonds is 8. The molecule has 0 unspecified atom stereocenters. The Morgan fingerprint density at radius 2 is 2.17 bits per heavy atom. The van der Waals surface area contributed by atoms with E-state index in [4.69, 9.17) is 13.9 Å². The van der Waals surface area contributed by atoms with Crippen LogP contribution < -0.4 is 9.47 Å². The molecule has 8 heteroatoms. The van der Waals surface area contributed by atoms with Crippen molar-refractivity contribution in [1.82, 2.24) is 9.80 Å². The van der Waals surface area contributed by atoms with Crippen molar-refractivity contribution in [3.05, 3.63) is 60.1 Å². The zero-order valence-electron chi connectivity index (χ0n) is 23.5. The van der Waals surface area contributed by atoms with Gasteiger partial charge >= 0.3 is 5.97 Å². The van der Waals surface area contributed by atoms with Gasteiger partial charge in [0.15, 0.2) is 11.5 Å². The molecule has 5 atom stereocenters. The number of benzene rings is 1. The van der Waals surface area contributed by atoms with Gasteiger partial charge in [0.2, 0.25) is 5.91 Å². The van der Waals surface area contributed by atoms with Crippen LogP contribution in [0.15, 0.2) is 47.8 Å². The quantitative estimate of drug-likeness (QED) is 0.222. The minimum absolute atomic E-state index is 0.00941. The molecule has 1 spiro atoms. The second-order valence-electron chi connectivity index (χ2n) is 12.1. The highest BCUT2D eigenvalue weighted by atomic mass is 16.5. The van der Waals surface area contributed by atoms with Crippen molar-refractivity contribution in [2.75, 3.05) is 19.6 Å². The molecule has 212 valence electrons. The maximum atomic E-state index is 13.8. The molecule has 2 fully saturated rings. The molecule has 6 rings (SSSR count). The fraction of sp³-hybridized carbons (Fsp3) is 0.500. The number of esters is 1. The predicted octanol–water partition coefficient (Wildman–Crippen LogP) is 4.70. The number of likely N-dealkylation sites (tertiary alicyclic amines) is 1. The molecule has 4 aliphatic rings. The number of ether oxygens (including phenoxy) is 2. The van der Waals surface area contributed by atoms with Gasteiger partial charge in [0, 0.05) is 60.3 Å². The van der Waals surface area contributed by atoms with Crippen molar-refractivity contribution in [3.8, 4) is 17.2 Å². The van der Waals surface area contributed by atoms with Crippen LogP contribution in [0, 0.1) is 11.8 Å². The number of phenolic OH excluding ortho intramolecular Hbond substituents is 1. The third-order valence-electron chi connectivity index (χ3n) is 9.31. The maximum Gasteiger partial charge on any atom is 0.308 e. The van der Waals surface area contributed by atoms with Gasteiger partial charge in [-0.1, -0.05) is 19.9 Å². The highest BCUT2D eigenvalue weighted by Crippen LogP contribution is 2.65. The van der Waals surface area contributed by atoms with E-state index in [1.54, 1.807) is 24.7 Å². The van der Waals surface area contributed by atoms with E-state index in [2.05, 4.69) is 25.3 Å². The molecule has 2 bridgehead atoms. The summed E-state index contributed by atoms with van der Waals surface area (Å²) in [6.07, 6.45) is 11.6. The van der Waals surface area contributed by atoms with Crippen LogP contribution in [0.5, 0.6) is 17.2 Å². The van der Waals surface area contributed by atoms with Gasteiger partial charge in [0.25, 0.3) is 0 Å². The van der Waals surface area contributed by atoms with Crippen LogP contribution >= 0.6 is 0 Å². The fourth-order valence-electron chi connectivity index (χ4n) is 8.02. The number of amides is 1. The molecule has 1 amide bonds. The fourth-order valence-corrected chi connectivity index (χ4v) is 8.02. The lowest BCUT2D eigenvalue weighted by molar-refractivity contribution is -0.138. The molecule has 2 aliphatic carbocycles. The third-order valence-corrected chi connectivity index (χ3v) is 9.31. The van der Waals surface area contributed by atoms with Crippen LogP contribution in [0.25, 0.3) is 6.08 Å².